The van der Waals surface area contributed by atoms with Crippen LogP contribution in [0.25, 0.3) is 0 Å². The lowest BCUT2D eigenvalue weighted by Crippen LogP contribution is -2.15. The van der Waals surface area contributed by atoms with Crippen molar-refractivity contribution in [1.29, 1.82) is 0 Å². The Morgan fingerprint density at radius 2 is 2.14 bits per heavy atom. The lowest BCUT2D eigenvalue weighted by molar-refractivity contribution is -0.384. The van der Waals surface area contributed by atoms with Crippen molar-refractivity contribution in [2.45, 2.75) is 25.3 Å². The highest BCUT2D eigenvalue weighted by Crippen LogP contribution is 2.40. The van der Waals surface area contributed by atoms with E-state index in [-0.39, 0.29) is 16.8 Å². The summed E-state index contributed by atoms with van der Waals surface area (Å²) in [6.07, 6.45) is 3.17. The maximum absolute atomic E-state index is 10.8. The number of nitro benzene ring substituents is 1. The second kappa shape index (κ2) is 5.83. The lowest BCUT2D eigenvalue weighted by Gasteiger charge is -2.24. The van der Waals surface area contributed by atoms with E-state index in [1.54, 1.807) is 23.5 Å². The summed E-state index contributed by atoms with van der Waals surface area (Å²) in [7, 11) is 0. The van der Waals surface area contributed by atoms with Crippen LogP contribution < -0.4 is 5.32 Å². The first kappa shape index (κ1) is 14.6. The number of anilines is 1. The standard InChI is InChI=1S/C14H12Cl2N2O2S/c15-10-6-8(4-5-12(10)18(19)20)17-11-2-1-3-13-9(11)7-14(16)21-13/h4-7,11,17H,1-3H2. The summed E-state index contributed by atoms with van der Waals surface area (Å²) in [6, 6.07) is 6.89. The van der Waals surface area contributed by atoms with Crippen LogP contribution >= 0.6 is 34.5 Å². The SMILES string of the molecule is O=[N+]([O-])c1ccc(NC2CCCc3sc(Cl)cc32)cc1Cl. The summed E-state index contributed by atoms with van der Waals surface area (Å²) in [4.78, 5) is 11.6. The van der Waals surface area contributed by atoms with Gasteiger partial charge in [-0.1, -0.05) is 23.2 Å². The number of fused-ring (bicyclic) bond motifs is 1. The Bertz CT molecular complexity index is 702. The van der Waals surface area contributed by atoms with Crippen LogP contribution in [0.2, 0.25) is 9.36 Å². The Hall–Kier alpha value is -1.30. The highest BCUT2D eigenvalue weighted by Gasteiger charge is 2.23. The summed E-state index contributed by atoms with van der Waals surface area (Å²) < 4.78 is 0.801. The van der Waals surface area contributed by atoms with Crippen LogP contribution in [0.1, 0.15) is 29.3 Å². The maximum atomic E-state index is 10.8. The third-order valence-electron chi connectivity index (χ3n) is 3.57. The molecule has 110 valence electrons. The number of benzene rings is 1. The van der Waals surface area contributed by atoms with Gasteiger partial charge in [-0.15, -0.1) is 11.3 Å². The molecule has 7 heteroatoms. The second-order valence-corrected chi connectivity index (χ2v) is 7.12. The molecule has 0 fully saturated rings. The van der Waals surface area contributed by atoms with Gasteiger partial charge < -0.3 is 5.32 Å². The highest BCUT2D eigenvalue weighted by molar-refractivity contribution is 7.16. The van der Waals surface area contributed by atoms with Gasteiger partial charge in [-0.25, -0.2) is 0 Å². The number of nitrogens with zero attached hydrogens (tertiary/aromatic N) is 1. The van der Waals surface area contributed by atoms with Crippen LogP contribution in [0.3, 0.4) is 0 Å². The summed E-state index contributed by atoms with van der Waals surface area (Å²) in [5.74, 6) is 0. The molecule has 1 heterocycles. The Kier molecular flexibility index (Phi) is 4.06. The van der Waals surface area contributed by atoms with Crippen molar-refractivity contribution in [2.24, 2.45) is 0 Å². The van der Waals surface area contributed by atoms with E-state index in [9.17, 15) is 10.1 Å². The third kappa shape index (κ3) is 3.00. The first-order valence-corrected chi connectivity index (χ1v) is 8.10. The third-order valence-corrected chi connectivity index (χ3v) is 5.21. The van der Waals surface area contributed by atoms with E-state index in [4.69, 9.17) is 23.2 Å². The van der Waals surface area contributed by atoms with Crippen LogP contribution in [-0.2, 0) is 6.42 Å². The first-order valence-electron chi connectivity index (χ1n) is 6.53. The monoisotopic (exact) mass is 342 g/mol. The fourth-order valence-electron chi connectivity index (χ4n) is 2.62. The second-order valence-electron chi connectivity index (χ2n) is 4.94. The average molecular weight is 343 g/mol. The molecule has 3 rings (SSSR count). The number of hydrogen-bond acceptors (Lipinski definition) is 4. The van der Waals surface area contributed by atoms with E-state index < -0.39 is 4.92 Å². The van der Waals surface area contributed by atoms with Crippen molar-refractivity contribution in [3.05, 3.63) is 54.2 Å². The molecule has 21 heavy (non-hydrogen) atoms. The average Bonchev–Trinajstić information content (AvgIpc) is 2.80. The van der Waals surface area contributed by atoms with Crippen molar-refractivity contribution >= 4 is 45.9 Å². The van der Waals surface area contributed by atoms with Gasteiger partial charge in [0.2, 0.25) is 0 Å². The first-order chi connectivity index (χ1) is 10.0. The zero-order valence-corrected chi connectivity index (χ0v) is 13.3. The fourth-order valence-corrected chi connectivity index (χ4v) is 4.25. The molecule has 2 aromatic rings. The molecule has 1 unspecified atom stereocenters. The van der Waals surface area contributed by atoms with Crippen molar-refractivity contribution in [3.8, 4) is 0 Å². The fraction of sp³-hybridized carbons (Fsp3) is 0.286. The minimum absolute atomic E-state index is 0.0786. The van der Waals surface area contributed by atoms with Crippen molar-refractivity contribution in [3.63, 3.8) is 0 Å². The number of halogens is 2. The molecule has 0 saturated carbocycles. The molecule has 0 spiro atoms. The molecule has 0 amide bonds. The lowest BCUT2D eigenvalue weighted by atomic mass is 9.94. The van der Waals surface area contributed by atoms with Gasteiger partial charge in [-0.3, -0.25) is 10.1 Å². The molecule has 0 aliphatic heterocycles. The molecule has 0 bridgehead atoms. The molecule has 1 aliphatic carbocycles. The van der Waals surface area contributed by atoms with E-state index in [0.29, 0.717) is 0 Å². The summed E-state index contributed by atoms with van der Waals surface area (Å²) in [6.45, 7) is 0. The van der Waals surface area contributed by atoms with Gasteiger partial charge in [-0.2, -0.15) is 0 Å². The predicted molar refractivity (Wildman–Crippen MR) is 86.7 cm³/mol. The number of nitro groups is 1. The van der Waals surface area contributed by atoms with Crippen molar-refractivity contribution in [2.75, 3.05) is 5.32 Å². The Labute approximate surface area is 135 Å². The molecule has 0 saturated heterocycles. The predicted octanol–water partition coefficient (Wildman–Crippen LogP) is 5.45. The molecule has 1 N–H and O–H groups in total. The minimum atomic E-state index is -0.483. The normalized spacial score (nSPS) is 17.3. The van der Waals surface area contributed by atoms with E-state index >= 15 is 0 Å². The zero-order valence-electron chi connectivity index (χ0n) is 10.9. The molecule has 1 aliphatic rings. The Morgan fingerprint density at radius 1 is 1.33 bits per heavy atom. The number of thiophene rings is 1. The Balaban J connectivity index is 1.84. The molecular weight excluding hydrogens is 331 g/mol. The summed E-state index contributed by atoms with van der Waals surface area (Å²) in [5, 5.41) is 14.3. The van der Waals surface area contributed by atoms with Gasteiger partial charge in [0.1, 0.15) is 5.02 Å². The zero-order chi connectivity index (χ0) is 15.0. The van der Waals surface area contributed by atoms with Gasteiger partial charge in [0.25, 0.3) is 5.69 Å². The largest absolute Gasteiger partial charge is 0.378 e. The molecule has 1 atom stereocenters. The van der Waals surface area contributed by atoms with Gasteiger partial charge >= 0.3 is 0 Å². The number of aryl methyl sites for hydroxylation is 1. The molecule has 0 radical (unpaired) electrons. The van der Waals surface area contributed by atoms with Gasteiger partial charge in [-0.05, 0) is 43.0 Å². The van der Waals surface area contributed by atoms with E-state index in [2.05, 4.69) is 5.32 Å². The van der Waals surface area contributed by atoms with Gasteiger partial charge in [0.05, 0.1) is 15.3 Å². The van der Waals surface area contributed by atoms with Crippen LogP contribution in [-0.4, -0.2) is 4.92 Å². The molecule has 1 aromatic heterocycles. The summed E-state index contributed by atoms with van der Waals surface area (Å²) >= 11 is 13.7. The number of nitrogens with one attached hydrogen (secondary N) is 1. The molecule has 1 aromatic carbocycles. The maximum Gasteiger partial charge on any atom is 0.288 e. The number of hydrogen-bond donors (Lipinski definition) is 1. The number of rotatable bonds is 3. The summed E-state index contributed by atoms with van der Waals surface area (Å²) in [5.41, 5.74) is 1.93. The minimum Gasteiger partial charge on any atom is -0.378 e. The van der Waals surface area contributed by atoms with Gasteiger partial charge in [0, 0.05) is 16.6 Å². The molecule has 4 nitrogen and oxygen atoms in total. The van der Waals surface area contributed by atoms with Crippen LogP contribution in [0.4, 0.5) is 11.4 Å². The van der Waals surface area contributed by atoms with E-state index in [0.717, 1.165) is 29.3 Å². The highest BCUT2D eigenvalue weighted by atomic mass is 35.5. The van der Waals surface area contributed by atoms with E-state index in [1.165, 1.54) is 16.5 Å². The quantitative estimate of drug-likeness (QED) is 0.595. The van der Waals surface area contributed by atoms with Gasteiger partial charge in [0.15, 0.2) is 0 Å². The van der Waals surface area contributed by atoms with Crippen molar-refractivity contribution in [1.82, 2.24) is 0 Å². The van der Waals surface area contributed by atoms with Crippen LogP contribution in [0.15, 0.2) is 24.3 Å². The van der Waals surface area contributed by atoms with Crippen molar-refractivity contribution < 1.29 is 4.92 Å². The van der Waals surface area contributed by atoms with E-state index in [1.807, 2.05) is 6.07 Å². The smallest absolute Gasteiger partial charge is 0.288 e. The van der Waals surface area contributed by atoms with Crippen LogP contribution in [0.5, 0.6) is 0 Å². The topological polar surface area (TPSA) is 55.2 Å². The molecular formula is C14H12Cl2N2O2S. The Morgan fingerprint density at radius 3 is 2.86 bits per heavy atom. The van der Waals surface area contributed by atoms with Crippen LogP contribution in [0, 0.1) is 10.1 Å².